The zero-order valence-electron chi connectivity index (χ0n) is 34.7. The van der Waals surface area contributed by atoms with Crippen molar-refractivity contribution in [3.63, 3.8) is 0 Å². The van der Waals surface area contributed by atoms with E-state index in [1.165, 1.54) is 64.3 Å². The van der Waals surface area contributed by atoms with Gasteiger partial charge in [0.25, 0.3) is 0 Å². The molecule has 13 aromatic rings. The van der Waals surface area contributed by atoms with Gasteiger partial charge >= 0.3 is 0 Å². The molecule has 0 aliphatic rings. The van der Waals surface area contributed by atoms with Gasteiger partial charge in [0.2, 0.25) is 0 Å². The number of furan rings is 1. The van der Waals surface area contributed by atoms with Gasteiger partial charge in [-0.2, -0.15) is 0 Å². The second-order valence-electron chi connectivity index (χ2n) is 16.4. The van der Waals surface area contributed by atoms with Crippen LogP contribution in [0.2, 0.25) is 0 Å². The standard InChI is InChI=1S/C60H38N2OS/c1-4-17-39(18-5-1)42-37-49(40-19-6-2-7-20-40)59-50(38-42)57-51(61(43-21-8-3-9-22-43)53-29-16-31-55-58(53)48-24-10-12-30-54(48)63-55)27-15-28-52(57)62(59)44-35-33-41(34-36-44)45-25-14-26-47-46-23-11-13-32-56(46)64-60(45)47/h1-38H. The van der Waals surface area contributed by atoms with Crippen LogP contribution >= 0.6 is 11.3 Å². The molecule has 3 nitrogen and oxygen atoms in total. The van der Waals surface area contributed by atoms with Crippen LogP contribution in [-0.4, -0.2) is 4.57 Å². The van der Waals surface area contributed by atoms with E-state index in [0.717, 1.165) is 55.7 Å². The molecule has 0 radical (unpaired) electrons. The average molecular weight is 835 g/mol. The summed E-state index contributed by atoms with van der Waals surface area (Å²) in [5, 5.41) is 7.14. The van der Waals surface area contributed by atoms with E-state index in [1.54, 1.807) is 0 Å². The number of aromatic nitrogens is 1. The van der Waals surface area contributed by atoms with Gasteiger partial charge < -0.3 is 13.9 Å². The molecule has 0 saturated carbocycles. The zero-order chi connectivity index (χ0) is 42.1. The van der Waals surface area contributed by atoms with Crippen molar-refractivity contribution >= 4 is 92.3 Å². The minimum atomic E-state index is 0.860. The Balaban J connectivity index is 1.12. The topological polar surface area (TPSA) is 21.3 Å². The van der Waals surface area contributed by atoms with Crippen LogP contribution in [0.25, 0.3) is 103 Å². The summed E-state index contributed by atoms with van der Waals surface area (Å²) in [5.41, 5.74) is 15.5. The van der Waals surface area contributed by atoms with E-state index in [-0.39, 0.29) is 0 Å². The lowest BCUT2D eigenvalue weighted by atomic mass is 9.95. The first-order valence-corrected chi connectivity index (χ1v) is 22.6. The van der Waals surface area contributed by atoms with Gasteiger partial charge in [-0.15, -0.1) is 11.3 Å². The summed E-state index contributed by atoms with van der Waals surface area (Å²) < 4.78 is 11.6. The molecule has 13 rings (SSSR count). The van der Waals surface area contributed by atoms with Crippen LogP contribution in [0, 0.1) is 0 Å². The van der Waals surface area contributed by atoms with Gasteiger partial charge in [-0.05, 0) is 101 Å². The van der Waals surface area contributed by atoms with Gasteiger partial charge in [0.05, 0.1) is 27.8 Å². The fourth-order valence-corrected chi connectivity index (χ4v) is 11.2. The van der Waals surface area contributed by atoms with E-state index in [9.17, 15) is 0 Å². The van der Waals surface area contributed by atoms with Crippen molar-refractivity contribution in [1.82, 2.24) is 4.57 Å². The van der Waals surface area contributed by atoms with E-state index >= 15 is 0 Å². The van der Waals surface area contributed by atoms with Crippen LogP contribution < -0.4 is 4.90 Å². The maximum Gasteiger partial charge on any atom is 0.137 e. The summed E-state index contributed by atoms with van der Waals surface area (Å²) in [4.78, 5) is 2.43. The first-order chi connectivity index (χ1) is 31.8. The Morgan fingerprint density at radius 3 is 1.80 bits per heavy atom. The maximum atomic E-state index is 6.51. The quantitative estimate of drug-likeness (QED) is 0.159. The third kappa shape index (κ3) is 5.73. The summed E-state index contributed by atoms with van der Waals surface area (Å²) in [6.45, 7) is 0. The van der Waals surface area contributed by atoms with E-state index in [1.807, 2.05) is 17.4 Å². The van der Waals surface area contributed by atoms with Crippen molar-refractivity contribution < 1.29 is 4.42 Å². The predicted molar refractivity (Wildman–Crippen MR) is 272 cm³/mol. The molecule has 0 spiro atoms. The molecule has 0 bridgehead atoms. The zero-order valence-corrected chi connectivity index (χ0v) is 35.5. The Morgan fingerprint density at radius 1 is 0.391 bits per heavy atom. The van der Waals surface area contributed by atoms with Crippen LogP contribution in [0.1, 0.15) is 0 Å². The molecule has 3 heterocycles. The van der Waals surface area contributed by atoms with Crippen LogP contribution in [0.15, 0.2) is 235 Å². The Morgan fingerprint density at radius 2 is 1.00 bits per heavy atom. The molecule has 3 aromatic heterocycles. The molecular formula is C60H38N2OS. The average Bonchev–Trinajstić information content (AvgIpc) is 4.05. The van der Waals surface area contributed by atoms with E-state index in [0.29, 0.717) is 0 Å². The normalized spacial score (nSPS) is 11.8. The number of benzene rings is 10. The van der Waals surface area contributed by atoms with Crippen molar-refractivity contribution in [3.8, 4) is 39.1 Å². The predicted octanol–water partition coefficient (Wildman–Crippen LogP) is 17.5. The van der Waals surface area contributed by atoms with Gasteiger partial charge in [-0.1, -0.05) is 158 Å². The van der Waals surface area contributed by atoms with Crippen molar-refractivity contribution in [1.29, 1.82) is 0 Å². The minimum absolute atomic E-state index is 0.860. The maximum absolute atomic E-state index is 6.51. The summed E-state index contributed by atoms with van der Waals surface area (Å²) >= 11 is 1.87. The lowest BCUT2D eigenvalue weighted by Crippen LogP contribution is -2.10. The number of thiophene rings is 1. The van der Waals surface area contributed by atoms with Crippen molar-refractivity contribution in [2.24, 2.45) is 0 Å². The summed E-state index contributed by atoms with van der Waals surface area (Å²) in [6, 6.07) is 83.4. The van der Waals surface area contributed by atoms with Gasteiger partial charge in [0.1, 0.15) is 11.2 Å². The number of anilines is 3. The number of nitrogens with zero attached hydrogens (tertiary/aromatic N) is 2. The Bertz CT molecular complexity index is 3880. The lowest BCUT2D eigenvalue weighted by Gasteiger charge is -2.27. The molecule has 10 aromatic carbocycles. The first-order valence-electron chi connectivity index (χ1n) is 21.8. The molecule has 0 fully saturated rings. The highest BCUT2D eigenvalue weighted by Crippen LogP contribution is 2.50. The molecule has 0 unspecified atom stereocenters. The Hall–Kier alpha value is -8.18. The number of hydrogen-bond donors (Lipinski definition) is 0. The smallest absolute Gasteiger partial charge is 0.137 e. The monoisotopic (exact) mass is 834 g/mol. The van der Waals surface area contributed by atoms with Crippen LogP contribution in [-0.2, 0) is 0 Å². The number of rotatable bonds is 7. The highest BCUT2D eigenvalue weighted by atomic mass is 32.1. The molecule has 0 aliphatic carbocycles. The molecule has 0 saturated heterocycles. The van der Waals surface area contributed by atoms with Crippen molar-refractivity contribution in [3.05, 3.63) is 231 Å². The third-order valence-corrected chi connectivity index (χ3v) is 14.0. The minimum Gasteiger partial charge on any atom is -0.456 e. The first kappa shape index (κ1) is 36.5. The van der Waals surface area contributed by atoms with Gasteiger partial charge in [0.15, 0.2) is 0 Å². The Kier molecular flexibility index (Phi) is 8.40. The fraction of sp³-hybridized carbons (Fsp3) is 0. The highest BCUT2D eigenvalue weighted by Gasteiger charge is 2.26. The van der Waals surface area contributed by atoms with E-state index < -0.39 is 0 Å². The lowest BCUT2D eigenvalue weighted by molar-refractivity contribution is 0.669. The van der Waals surface area contributed by atoms with Gasteiger partial charge in [-0.3, -0.25) is 0 Å². The molecular weight excluding hydrogens is 797 g/mol. The van der Waals surface area contributed by atoms with Crippen LogP contribution in [0.5, 0.6) is 0 Å². The van der Waals surface area contributed by atoms with Gasteiger partial charge in [-0.25, -0.2) is 0 Å². The Labute approximate surface area is 373 Å². The molecule has 0 atom stereocenters. The van der Waals surface area contributed by atoms with E-state index in [2.05, 4.69) is 234 Å². The fourth-order valence-electron chi connectivity index (χ4n) is 9.96. The second kappa shape index (κ2) is 14.7. The second-order valence-corrected chi connectivity index (χ2v) is 17.5. The number of fused-ring (bicyclic) bond motifs is 9. The molecule has 4 heteroatoms. The summed E-state index contributed by atoms with van der Waals surface area (Å²) in [7, 11) is 0. The molecule has 0 N–H and O–H groups in total. The third-order valence-electron chi connectivity index (χ3n) is 12.8. The summed E-state index contributed by atoms with van der Waals surface area (Å²) in [5.74, 6) is 0. The molecule has 300 valence electrons. The van der Waals surface area contributed by atoms with Gasteiger partial charge in [0, 0.05) is 53.3 Å². The summed E-state index contributed by atoms with van der Waals surface area (Å²) in [6.07, 6.45) is 0. The largest absolute Gasteiger partial charge is 0.456 e. The van der Waals surface area contributed by atoms with E-state index in [4.69, 9.17) is 4.42 Å². The van der Waals surface area contributed by atoms with Crippen LogP contribution in [0.3, 0.4) is 0 Å². The van der Waals surface area contributed by atoms with Crippen LogP contribution in [0.4, 0.5) is 17.1 Å². The number of hydrogen-bond acceptors (Lipinski definition) is 3. The molecule has 0 amide bonds. The molecule has 0 aliphatic heterocycles. The van der Waals surface area contributed by atoms with Crippen molar-refractivity contribution in [2.45, 2.75) is 0 Å². The molecule has 64 heavy (non-hydrogen) atoms. The number of para-hydroxylation sites is 2. The van der Waals surface area contributed by atoms with Crippen molar-refractivity contribution in [2.75, 3.05) is 4.90 Å². The SMILES string of the molecule is c1ccc(-c2cc(-c3ccccc3)c3c(c2)c2c(N(c4ccccc4)c4cccc5oc6ccccc6c45)cccc2n3-c2ccc(-c3cccc4c3sc3ccccc34)cc2)cc1. The highest BCUT2D eigenvalue weighted by molar-refractivity contribution is 7.26.